The number of carboxylic acid groups (broad SMARTS) is 1. The minimum Gasteiger partial charge on any atom is -0.493 e. The number of rotatable bonds is 5. The van der Waals surface area contributed by atoms with Gasteiger partial charge in [0.2, 0.25) is 5.76 Å². The first-order valence-electron chi connectivity index (χ1n) is 6.08. The quantitative estimate of drug-likeness (QED) is 0.908. The third-order valence-electron chi connectivity index (χ3n) is 2.91. The molecule has 0 fully saturated rings. The first-order chi connectivity index (χ1) is 10.0. The number of nitriles is 1. The van der Waals surface area contributed by atoms with E-state index in [0.717, 1.165) is 0 Å². The summed E-state index contributed by atoms with van der Waals surface area (Å²) in [7, 11) is 1.48. The van der Waals surface area contributed by atoms with Crippen LogP contribution in [0.25, 0.3) is 0 Å². The van der Waals surface area contributed by atoms with Gasteiger partial charge in [-0.3, -0.25) is 0 Å². The largest absolute Gasteiger partial charge is 0.493 e. The number of ether oxygens (including phenoxy) is 2. The second-order valence-corrected chi connectivity index (χ2v) is 4.26. The van der Waals surface area contributed by atoms with E-state index in [1.807, 2.05) is 6.07 Å². The van der Waals surface area contributed by atoms with Crippen LogP contribution in [0.4, 0.5) is 0 Å². The average molecular weight is 287 g/mol. The van der Waals surface area contributed by atoms with Gasteiger partial charge in [-0.15, -0.1) is 0 Å². The number of carboxylic acids is 1. The Morgan fingerprint density at radius 1 is 1.38 bits per heavy atom. The molecule has 1 aromatic heterocycles. The van der Waals surface area contributed by atoms with Crippen LogP contribution in [0.2, 0.25) is 0 Å². The Hall–Kier alpha value is -2.94. The summed E-state index contributed by atoms with van der Waals surface area (Å²) in [6, 6.07) is 8.25. The zero-order valence-corrected chi connectivity index (χ0v) is 11.5. The topological polar surface area (TPSA) is 92.7 Å². The van der Waals surface area contributed by atoms with Crippen molar-refractivity contribution in [2.75, 3.05) is 7.11 Å². The van der Waals surface area contributed by atoms with Crippen molar-refractivity contribution in [3.63, 3.8) is 0 Å². The molecule has 6 heteroatoms. The summed E-state index contributed by atoms with van der Waals surface area (Å²) in [5.74, 6) is 0.140. The SMILES string of the molecule is COc1cc(C#N)ccc1OCc1cc(C(=O)O)oc1C. The molecule has 0 radical (unpaired) electrons. The van der Waals surface area contributed by atoms with Crippen LogP contribution in [0.15, 0.2) is 28.7 Å². The number of hydrogen-bond acceptors (Lipinski definition) is 5. The molecular weight excluding hydrogens is 274 g/mol. The smallest absolute Gasteiger partial charge is 0.371 e. The summed E-state index contributed by atoms with van der Waals surface area (Å²) in [5, 5.41) is 17.7. The first kappa shape index (κ1) is 14.5. The Morgan fingerprint density at radius 3 is 2.71 bits per heavy atom. The zero-order valence-electron chi connectivity index (χ0n) is 11.5. The summed E-state index contributed by atoms with van der Waals surface area (Å²) < 4.78 is 15.9. The molecule has 0 atom stereocenters. The lowest BCUT2D eigenvalue weighted by atomic mass is 10.2. The van der Waals surface area contributed by atoms with E-state index >= 15 is 0 Å². The number of methoxy groups -OCH3 is 1. The van der Waals surface area contributed by atoms with Gasteiger partial charge in [-0.1, -0.05) is 0 Å². The number of furan rings is 1. The Bertz CT molecular complexity index is 711. The van der Waals surface area contributed by atoms with Gasteiger partial charge >= 0.3 is 5.97 Å². The highest BCUT2D eigenvalue weighted by Crippen LogP contribution is 2.29. The summed E-state index contributed by atoms with van der Waals surface area (Å²) >= 11 is 0. The Labute approximate surface area is 121 Å². The highest BCUT2D eigenvalue weighted by molar-refractivity contribution is 5.84. The Kier molecular flexibility index (Phi) is 4.14. The lowest BCUT2D eigenvalue weighted by Crippen LogP contribution is -1.98. The normalized spacial score (nSPS) is 9.95. The van der Waals surface area contributed by atoms with E-state index in [2.05, 4.69) is 0 Å². The number of hydrogen-bond donors (Lipinski definition) is 1. The third kappa shape index (κ3) is 3.15. The predicted octanol–water partition coefficient (Wildman–Crippen LogP) is 2.75. The highest BCUT2D eigenvalue weighted by Gasteiger charge is 2.14. The predicted molar refractivity (Wildman–Crippen MR) is 72.4 cm³/mol. The molecule has 1 aromatic carbocycles. The van der Waals surface area contributed by atoms with E-state index in [4.69, 9.17) is 24.3 Å². The minimum absolute atomic E-state index is 0.127. The third-order valence-corrected chi connectivity index (χ3v) is 2.91. The van der Waals surface area contributed by atoms with Gasteiger partial charge in [0.25, 0.3) is 0 Å². The second kappa shape index (κ2) is 6.01. The molecule has 0 aliphatic rings. The van der Waals surface area contributed by atoms with E-state index in [1.54, 1.807) is 25.1 Å². The van der Waals surface area contributed by atoms with Crippen LogP contribution in [-0.2, 0) is 6.61 Å². The summed E-state index contributed by atoms with van der Waals surface area (Å²) in [6.45, 7) is 1.81. The summed E-state index contributed by atoms with van der Waals surface area (Å²) in [4.78, 5) is 10.8. The molecule has 2 rings (SSSR count). The molecule has 0 aliphatic heterocycles. The molecule has 6 nitrogen and oxygen atoms in total. The van der Waals surface area contributed by atoms with E-state index in [9.17, 15) is 4.79 Å². The molecule has 0 saturated heterocycles. The van der Waals surface area contributed by atoms with Crippen LogP contribution >= 0.6 is 0 Å². The fraction of sp³-hybridized carbons (Fsp3) is 0.200. The van der Waals surface area contributed by atoms with E-state index in [1.165, 1.54) is 13.2 Å². The molecule has 1 N–H and O–H groups in total. The molecule has 2 aromatic rings. The molecule has 108 valence electrons. The Morgan fingerprint density at radius 2 is 2.14 bits per heavy atom. The van der Waals surface area contributed by atoms with Crippen molar-refractivity contribution < 1.29 is 23.8 Å². The number of aryl methyl sites for hydroxylation is 1. The highest BCUT2D eigenvalue weighted by atomic mass is 16.5. The maximum Gasteiger partial charge on any atom is 0.371 e. The number of carbonyl (C=O) groups is 1. The van der Waals surface area contributed by atoms with Gasteiger partial charge < -0.3 is 19.0 Å². The molecule has 0 spiro atoms. The van der Waals surface area contributed by atoms with Crippen molar-refractivity contribution in [1.82, 2.24) is 0 Å². The lowest BCUT2D eigenvalue weighted by molar-refractivity contribution is 0.0661. The Balaban J connectivity index is 2.17. The number of nitrogens with zero attached hydrogens (tertiary/aromatic N) is 1. The molecule has 0 bridgehead atoms. The maximum atomic E-state index is 10.8. The van der Waals surface area contributed by atoms with Crippen LogP contribution in [0.3, 0.4) is 0 Å². The van der Waals surface area contributed by atoms with Crippen molar-refractivity contribution in [3.8, 4) is 17.6 Å². The van der Waals surface area contributed by atoms with Gasteiger partial charge in [-0.05, 0) is 25.1 Å². The van der Waals surface area contributed by atoms with Gasteiger partial charge in [0, 0.05) is 11.6 Å². The monoisotopic (exact) mass is 287 g/mol. The molecule has 1 heterocycles. The van der Waals surface area contributed by atoms with Gasteiger partial charge in [0.15, 0.2) is 11.5 Å². The van der Waals surface area contributed by atoms with Crippen molar-refractivity contribution >= 4 is 5.97 Å². The lowest BCUT2D eigenvalue weighted by Gasteiger charge is -2.10. The van der Waals surface area contributed by atoms with Crippen LogP contribution in [0.1, 0.15) is 27.4 Å². The standard InChI is InChI=1S/C15H13NO5/c1-9-11(6-14(21-9)15(17)18)8-20-12-4-3-10(7-16)5-13(12)19-2/h3-6H,8H2,1-2H3,(H,17,18). The van der Waals surface area contributed by atoms with Crippen LogP contribution in [0, 0.1) is 18.3 Å². The summed E-state index contributed by atoms with van der Waals surface area (Å²) in [5.41, 5.74) is 1.10. The molecule has 0 saturated carbocycles. The summed E-state index contributed by atoms with van der Waals surface area (Å²) in [6.07, 6.45) is 0. The minimum atomic E-state index is -1.12. The van der Waals surface area contributed by atoms with E-state index in [-0.39, 0.29) is 12.4 Å². The van der Waals surface area contributed by atoms with Crippen molar-refractivity contribution in [1.29, 1.82) is 5.26 Å². The maximum absolute atomic E-state index is 10.8. The van der Waals surface area contributed by atoms with Gasteiger partial charge in [-0.25, -0.2) is 4.79 Å². The van der Waals surface area contributed by atoms with Crippen molar-refractivity contribution in [2.24, 2.45) is 0 Å². The van der Waals surface area contributed by atoms with Gasteiger partial charge in [-0.2, -0.15) is 5.26 Å². The van der Waals surface area contributed by atoms with Crippen molar-refractivity contribution in [3.05, 3.63) is 46.9 Å². The molecule has 0 amide bonds. The molecule has 0 unspecified atom stereocenters. The number of aromatic carboxylic acids is 1. The molecule has 21 heavy (non-hydrogen) atoms. The van der Waals surface area contributed by atoms with Gasteiger partial charge in [0.1, 0.15) is 12.4 Å². The zero-order chi connectivity index (χ0) is 15.4. The first-order valence-corrected chi connectivity index (χ1v) is 6.08. The van der Waals surface area contributed by atoms with Crippen LogP contribution < -0.4 is 9.47 Å². The van der Waals surface area contributed by atoms with Gasteiger partial charge in [0.05, 0.1) is 18.7 Å². The van der Waals surface area contributed by atoms with Crippen molar-refractivity contribution in [2.45, 2.75) is 13.5 Å². The fourth-order valence-corrected chi connectivity index (χ4v) is 1.78. The van der Waals surface area contributed by atoms with E-state index in [0.29, 0.717) is 28.4 Å². The average Bonchev–Trinajstić information content (AvgIpc) is 2.86. The molecular formula is C15H13NO5. The van der Waals surface area contributed by atoms with E-state index < -0.39 is 5.97 Å². The fourth-order valence-electron chi connectivity index (χ4n) is 1.78. The number of benzene rings is 1. The molecule has 0 aliphatic carbocycles. The van der Waals surface area contributed by atoms with Crippen LogP contribution in [0.5, 0.6) is 11.5 Å². The second-order valence-electron chi connectivity index (χ2n) is 4.26. The van der Waals surface area contributed by atoms with Crippen LogP contribution in [-0.4, -0.2) is 18.2 Å².